The first-order valence-electron chi connectivity index (χ1n) is 7.78. The van der Waals surface area contributed by atoms with E-state index in [1.807, 2.05) is 0 Å². The van der Waals surface area contributed by atoms with Crippen molar-refractivity contribution in [2.45, 2.75) is 70.5 Å². The summed E-state index contributed by atoms with van der Waals surface area (Å²) in [5.74, 6) is 2.12. The van der Waals surface area contributed by atoms with Crippen LogP contribution in [0.15, 0.2) is 0 Å². The second-order valence-electron chi connectivity index (χ2n) is 6.61. The van der Waals surface area contributed by atoms with Crippen LogP contribution in [0.1, 0.15) is 52.4 Å². The summed E-state index contributed by atoms with van der Waals surface area (Å²) >= 11 is 0. The Bertz CT molecular complexity index is 246. The van der Waals surface area contributed by atoms with E-state index < -0.39 is 0 Å². The molecule has 1 aliphatic heterocycles. The summed E-state index contributed by atoms with van der Waals surface area (Å²) < 4.78 is 0. The highest BCUT2D eigenvalue weighted by Gasteiger charge is 2.46. The Morgan fingerprint density at radius 1 is 1.18 bits per heavy atom. The van der Waals surface area contributed by atoms with Crippen molar-refractivity contribution in [1.29, 1.82) is 0 Å². The molecule has 0 spiro atoms. The molecular formula is C15H28N2. The third-order valence-corrected chi connectivity index (χ3v) is 4.93. The van der Waals surface area contributed by atoms with Gasteiger partial charge in [0.05, 0.1) is 0 Å². The second-order valence-corrected chi connectivity index (χ2v) is 6.61. The van der Waals surface area contributed by atoms with Gasteiger partial charge in [0, 0.05) is 31.2 Å². The first-order chi connectivity index (χ1) is 8.29. The molecule has 2 nitrogen and oxygen atoms in total. The van der Waals surface area contributed by atoms with E-state index >= 15 is 0 Å². The summed E-state index contributed by atoms with van der Waals surface area (Å²) in [5.41, 5.74) is 0. The number of nitrogens with zero attached hydrogens (tertiary/aromatic N) is 1. The Labute approximate surface area is 106 Å². The molecule has 2 atom stereocenters. The summed E-state index contributed by atoms with van der Waals surface area (Å²) in [6, 6.07) is 2.47. The van der Waals surface area contributed by atoms with E-state index in [4.69, 9.17) is 0 Å². The molecule has 2 saturated carbocycles. The van der Waals surface area contributed by atoms with E-state index in [9.17, 15) is 0 Å². The van der Waals surface area contributed by atoms with Gasteiger partial charge < -0.3 is 5.32 Å². The van der Waals surface area contributed by atoms with Crippen LogP contribution in [0.4, 0.5) is 0 Å². The molecule has 2 aliphatic carbocycles. The molecule has 98 valence electrons. The molecule has 1 saturated heterocycles. The van der Waals surface area contributed by atoms with Crippen LogP contribution in [0.3, 0.4) is 0 Å². The molecule has 1 N–H and O–H groups in total. The van der Waals surface area contributed by atoms with Crippen molar-refractivity contribution < 1.29 is 0 Å². The molecule has 2 unspecified atom stereocenters. The van der Waals surface area contributed by atoms with Crippen molar-refractivity contribution >= 4 is 0 Å². The maximum atomic E-state index is 3.73. The lowest BCUT2D eigenvalue weighted by Crippen LogP contribution is -2.59. The summed E-state index contributed by atoms with van der Waals surface area (Å²) in [5, 5.41) is 3.73. The Balaban J connectivity index is 1.65. The molecule has 0 aromatic rings. The molecular weight excluding hydrogens is 208 g/mol. The first kappa shape index (κ1) is 12.0. The number of nitrogens with one attached hydrogen (secondary N) is 1. The van der Waals surface area contributed by atoms with Gasteiger partial charge in [-0.3, -0.25) is 4.90 Å². The molecule has 2 heteroatoms. The molecule has 0 radical (unpaired) electrons. The summed E-state index contributed by atoms with van der Waals surface area (Å²) in [6.07, 6.45) is 8.71. The quantitative estimate of drug-likeness (QED) is 0.789. The molecule has 0 bridgehead atoms. The van der Waals surface area contributed by atoms with Gasteiger partial charge in [-0.05, 0) is 50.9 Å². The van der Waals surface area contributed by atoms with E-state index in [1.165, 1.54) is 51.6 Å². The van der Waals surface area contributed by atoms with Crippen molar-refractivity contribution in [3.05, 3.63) is 0 Å². The fourth-order valence-corrected chi connectivity index (χ4v) is 3.71. The second kappa shape index (κ2) is 4.89. The van der Waals surface area contributed by atoms with Gasteiger partial charge >= 0.3 is 0 Å². The number of hydrogen-bond donors (Lipinski definition) is 1. The highest BCUT2D eigenvalue weighted by molar-refractivity contribution is 5.01. The monoisotopic (exact) mass is 236 g/mol. The van der Waals surface area contributed by atoms with Gasteiger partial charge in [0.2, 0.25) is 0 Å². The van der Waals surface area contributed by atoms with Gasteiger partial charge in [0.25, 0.3) is 0 Å². The van der Waals surface area contributed by atoms with Gasteiger partial charge in [0.15, 0.2) is 0 Å². The maximum Gasteiger partial charge on any atom is 0.0196 e. The third kappa shape index (κ3) is 2.68. The van der Waals surface area contributed by atoms with Crippen LogP contribution in [-0.4, -0.2) is 36.1 Å². The molecule has 0 aromatic carbocycles. The Morgan fingerprint density at radius 2 is 1.82 bits per heavy atom. The normalized spacial score (nSPS) is 35.5. The van der Waals surface area contributed by atoms with Crippen LogP contribution in [-0.2, 0) is 0 Å². The van der Waals surface area contributed by atoms with Crippen LogP contribution in [0.2, 0.25) is 0 Å². The van der Waals surface area contributed by atoms with Crippen LogP contribution < -0.4 is 5.32 Å². The van der Waals surface area contributed by atoms with Crippen molar-refractivity contribution in [3.63, 3.8) is 0 Å². The third-order valence-electron chi connectivity index (χ3n) is 4.93. The van der Waals surface area contributed by atoms with E-state index in [2.05, 4.69) is 24.1 Å². The Morgan fingerprint density at radius 3 is 2.35 bits per heavy atom. The van der Waals surface area contributed by atoms with Crippen LogP contribution in [0.5, 0.6) is 0 Å². The maximum absolute atomic E-state index is 3.73. The SMILES string of the molecule is CCCC1CN(C(C2CC2)C2CC2)C(C)CN1. The highest BCUT2D eigenvalue weighted by atomic mass is 15.3. The number of piperazine rings is 1. The smallest absolute Gasteiger partial charge is 0.0196 e. The minimum Gasteiger partial charge on any atom is -0.311 e. The standard InChI is InChI=1S/C15H28N2/c1-3-4-14-10-17(11(2)9-16-14)15(12-5-6-12)13-7-8-13/h11-16H,3-10H2,1-2H3. The zero-order chi connectivity index (χ0) is 11.8. The van der Waals surface area contributed by atoms with Crippen molar-refractivity contribution in [2.24, 2.45) is 11.8 Å². The lowest BCUT2D eigenvalue weighted by molar-refractivity contribution is 0.0651. The van der Waals surface area contributed by atoms with Crippen LogP contribution in [0.25, 0.3) is 0 Å². The molecule has 0 aromatic heterocycles. The topological polar surface area (TPSA) is 15.3 Å². The molecule has 3 rings (SSSR count). The highest BCUT2D eigenvalue weighted by Crippen LogP contribution is 2.48. The van der Waals surface area contributed by atoms with E-state index in [1.54, 1.807) is 0 Å². The predicted octanol–water partition coefficient (Wildman–Crippen LogP) is 2.64. The van der Waals surface area contributed by atoms with Gasteiger partial charge in [-0.25, -0.2) is 0 Å². The fraction of sp³-hybridized carbons (Fsp3) is 1.00. The Hall–Kier alpha value is -0.0800. The van der Waals surface area contributed by atoms with E-state index in [0.29, 0.717) is 0 Å². The van der Waals surface area contributed by atoms with Gasteiger partial charge in [-0.15, -0.1) is 0 Å². The van der Waals surface area contributed by atoms with Gasteiger partial charge in [0.1, 0.15) is 0 Å². The lowest BCUT2D eigenvalue weighted by Gasteiger charge is -2.44. The molecule has 1 heterocycles. The fourth-order valence-electron chi connectivity index (χ4n) is 3.71. The zero-order valence-electron chi connectivity index (χ0n) is 11.5. The van der Waals surface area contributed by atoms with Gasteiger partial charge in [-0.1, -0.05) is 13.3 Å². The predicted molar refractivity (Wildman–Crippen MR) is 72.1 cm³/mol. The zero-order valence-corrected chi connectivity index (χ0v) is 11.5. The van der Waals surface area contributed by atoms with Crippen molar-refractivity contribution in [2.75, 3.05) is 13.1 Å². The minimum absolute atomic E-state index is 0.759. The Kier molecular flexibility index (Phi) is 3.45. The summed E-state index contributed by atoms with van der Waals surface area (Å²) in [7, 11) is 0. The first-order valence-corrected chi connectivity index (χ1v) is 7.78. The molecule has 17 heavy (non-hydrogen) atoms. The van der Waals surface area contributed by atoms with Crippen LogP contribution >= 0.6 is 0 Å². The molecule has 3 aliphatic rings. The lowest BCUT2D eigenvalue weighted by atomic mass is 9.98. The van der Waals surface area contributed by atoms with Crippen molar-refractivity contribution in [3.8, 4) is 0 Å². The average Bonchev–Trinajstić information content (AvgIpc) is 3.16. The molecule has 3 fully saturated rings. The van der Waals surface area contributed by atoms with Crippen LogP contribution in [0, 0.1) is 11.8 Å². The number of hydrogen-bond acceptors (Lipinski definition) is 2. The van der Waals surface area contributed by atoms with Gasteiger partial charge in [-0.2, -0.15) is 0 Å². The van der Waals surface area contributed by atoms with Crippen molar-refractivity contribution in [1.82, 2.24) is 10.2 Å². The largest absolute Gasteiger partial charge is 0.311 e. The van der Waals surface area contributed by atoms with E-state index in [-0.39, 0.29) is 0 Å². The minimum atomic E-state index is 0.759. The summed E-state index contributed by atoms with van der Waals surface area (Å²) in [4.78, 5) is 2.88. The van der Waals surface area contributed by atoms with E-state index in [0.717, 1.165) is 30.0 Å². The average molecular weight is 236 g/mol. The number of rotatable bonds is 5. The molecule has 0 amide bonds. The summed E-state index contributed by atoms with van der Waals surface area (Å²) in [6.45, 7) is 7.25.